The lowest BCUT2D eigenvalue weighted by molar-refractivity contribution is 0.235. The Morgan fingerprint density at radius 3 is 2.95 bits per heavy atom. The number of allylic oxidation sites excluding steroid dienone is 2. The fourth-order valence-electron chi connectivity index (χ4n) is 3.84. The van der Waals surface area contributed by atoms with Gasteiger partial charge in [-0.1, -0.05) is 12.2 Å². The van der Waals surface area contributed by atoms with Crippen LogP contribution in [0.1, 0.15) is 36.3 Å². The zero-order valence-electron chi connectivity index (χ0n) is 14.0. The number of likely N-dealkylation sites (tertiary alicyclic amines) is 1. The van der Waals surface area contributed by atoms with E-state index in [1.807, 2.05) is 5.51 Å². The van der Waals surface area contributed by atoms with Crippen LogP contribution < -0.4 is 0 Å². The van der Waals surface area contributed by atoms with Crippen LogP contribution in [-0.2, 0) is 6.54 Å². The number of rotatable bonds is 6. The van der Waals surface area contributed by atoms with Crippen molar-refractivity contribution in [2.24, 2.45) is 11.8 Å². The van der Waals surface area contributed by atoms with Gasteiger partial charge in [0, 0.05) is 31.1 Å². The van der Waals surface area contributed by atoms with Gasteiger partial charge in [0.1, 0.15) is 0 Å². The van der Waals surface area contributed by atoms with Crippen molar-refractivity contribution in [1.29, 1.82) is 0 Å². The first-order valence-electron chi connectivity index (χ1n) is 8.65. The normalized spacial score (nSPS) is 26.1. The molecule has 1 saturated heterocycles. The lowest BCUT2D eigenvalue weighted by Gasteiger charge is -2.25. The molecule has 1 aromatic heterocycles. The molecule has 1 aliphatic heterocycles. The molecule has 2 atom stereocenters. The fourth-order valence-corrected chi connectivity index (χ4v) is 4.70. The Bertz CT molecular complexity index is 496. The number of nitrogens with zero attached hydrogens (tertiary/aromatic N) is 3. The van der Waals surface area contributed by atoms with Crippen LogP contribution in [0.15, 0.2) is 17.7 Å². The van der Waals surface area contributed by atoms with Gasteiger partial charge < -0.3 is 9.80 Å². The third-order valence-electron chi connectivity index (χ3n) is 5.09. The summed E-state index contributed by atoms with van der Waals surface area (Å²) in [5.74, 6) is 1.75. The number of aromatic nitrogens is 1. The summed E-state index contributed by atoms with van der Waals surface area (Å²) in [6, 6.07) is 0. The van der Waals surface area contributed by atoms with Crippen LogP contribution in [0.2, 0.25) is 0 Å². The third-order valence-corrected chi connectivity index (χ3v) is 6.01. The highest BCUT2D eigenvalue weighted by Crippen LogP contribution is 2.24. The largest absolute Gasteiger partial charge is 0.303 e. The zero-order chi connectivity index (χ0) is 15.4. The Labute approximate surface area is 139 Å². The molecule has 1 aliphatic carbocycles. The first kappa shape index (κ1) is 16.2. The number of aryl methyl sites for hydroxylation is 1. The van der Waals surface area contributed by atoms with Gasteiger partial charge in [0.25, 0.3) is 0 Å². The van der Waals surface area contributed by atoms with Crippen LogP contribution in [0.25, 0.3) is 0 Å². The Hall–Kier alpha value is -0.710. The molecule has 3 rings (SSSR count). The van der Waals surface area contributed by atoms with Crippen LogP contribution >= 0.6 is 11.3 Å². The average Bonchev–Trinajstić information content (AvgIpc) is 3.10. The van der Waals surface area contributed by atoms with Gasteiger partial charge in [-0.2, -0.15) is 0 Å². The second-order valence-corrected chi connectivity index (χ2v) is 8.06. The maximum atomic E-state index is 4.36. The highest BCUT2D eigenvalue weighted by Gasteiger charge is 2.25. The molecule has 0 N–H and O–H groups in total. The minimum absolute atomic E-state index is 0.845. The van der Waals surface area contributed by atoms with Crippen molar-refractivity contribution >= 4 is 11.3 Å². The minimum Gasteiger partial charge on any atom is -0.303 e. The Morgan fingerprint density at radius 1 is 1.32 bits per heavy atom. The zero-order valence-corrected chi connectivity index (χ0v) is 14.8. The van der Waals surface area contributed by atoms with Crippen LogP contribution in [0.3, 0.4) is 0 Å². The lowest BCUT2D eigenvalue weighted by Crippen LogP contribution is -2.31. The molecule has 0 radical (unpaired) electrons. The molecule has 0 bridgehead atoms. The van der Waals surface area contributed by atoms with E-state index in [9.17, 15) is 0 Å². The molecule has 22 heavy (non-hydrogen) atoms. The second-order valence-electron chi connectivity index (χ2n) is 7.12. The van der Waals surface area contributed by atoms with E-state index in [0.29, 0.717) is 0 Å². The molecule has 4 heteroatoms. The maximum absolute atomic E-state index is 4.36. The quantitative estimate of drug-likeness (QED) is 0.747. The van der Waals surface area contributed by atoms with Gasteiger partial charge in [-0.25, -0.2) is 4.98 Å². The third kappa shape index (κ3) is 4.40. The molecule has 122 valence electrons. The standard InChI is InChI=1S/C18H29N3S/c1-15-18(22-14-19-15)13-20(2)10-17-8-9-21(12-17)11-16-6-4-3-5-7-16/h3-4,14,16-17H,5-13H2,1-2H3. The van der Waals surface area contributed by atoms with E-state index in [4.69, 9.17) is 0 Å². The molecular weight excluding hydrogens is 290 g/mol. The molecule has 0 aromatic carbocycles. The summed E-state index contributed by atoms with van der Waals surface area (Å²) < 4.78 is 0. The summed E-state index contributed by atoms with van der Waals surface area (Å²) in [5, 5.41) is 0. The van der Waals surface area contributed by atoms with Gasteiger partial charge in [0.2, 0.25) is 0 Å². The Kier molecular flexibility index (Phi) is 5.66. The van der Waals surface area contributed by atoms with Crippen LogP contribution in [0.5, 0.6) is 0 Å². The number of hydrogen-bond donors (Lipinski definition) is 0. The van der Waals surface area contributed by atoms with E-state index >= 15 is 0 Å². The van der Waals surface area contributed by atoms with Gasteiger partial charge in [0.05, 0.1) is 11.2 Å². The van der Waals surface area contributed by atoms with E-state index < -0.39 is 0 Å². The van der Waals surface area contributed by atoms with Crippen molar-refractivity contribution in [3.05, 3.63) is 28.2 Å². The van der Waals surface area contributed by atoms with Crippen LogP contribution in [-0.4, -0.2) is 48.0 Å². The Balaban J connectivity index is 1.40. The molecule has 0 amide bonds. The predicted octanol–water partition coefficient (Wildman–Crippen LogP) is 3.56. The number of thiazole rings is 1. The maximum Gasteiger partial charge on any atom is 0.0798 e. The topological polar surface area (TPSA) is 19.4 Å². The van der Waals surface area contributed by atoms with Crippen molar-refractivity contribution in [2.45, 2.75) is 39.2 Å². The lowest BCUT2D eigenvalue weighted by atomic mass is 9.94. The van der Waals surface area contributed by atoms with Crippen LogP contribution in [0.4, 0.5) is 0 Å². The summed E-state index contributed by atoms with van der Waals surface area (Å²) >= 11 is 1.79. The highest BCUT2D eigenvalue weighted by atomic mass is 32.1. The molecule has 0 saturated carbocycles. The SMILES string of the molecule is Cc1ncsc1CN(C)CC1CCN(CC2CC=CCC2)C1. The van der Waals surface area contributed by atoms with E-state index in [2.05, 4.69) is 40.9 Å². The monoisotopic (exact) mass is 319 g/mol. The van der Waals surface area contributed by atoms with Crippen molar-refractivity contribution < 1.29 is 0 Å². The molecule has 2 aliphatic rings. The number of hydrogen-bond acceptors (Lipinski definition) is 4. The van der Waals surface area contributed by atoms with E-state index in [0.717, 1.165) is 18.4 Å². The van der Waals surface area contributed by atoms with Gasteiger partial charge in [-0.05, 0) is 58.0 Å². The molecule has 2 heterocycles. The van der Waals surface area contributed by atoms with Crippen molar-refractivity contribution in [1.82, 2.24) is 14.8 Å². The second kappa shape index (κ2) is 7.71. The van der Waals surface area contributed by atoms with E-state index in [-0.39, 0.29) is 0 Å². The summed E-state index contributed by atoms with van der Waals surface area (Å²) in [7, 11) is 2.26. The van der Waals surface area contributed by atoms with Gasteiger partial charge >= 0.3 is 0 Å². The highest BCUT2D eigenvalue weighted by molar-refractivity contribution is 7.09. The molecule has 1 fully saturated rings. The molecule has 2 unspecified atom stereocenters. The first-order chi connectivity index (χ1) is 10.7. The van der Waals surface area contributed by atoms with Crippen LogP contribution in [0, 0.1) is 18.8 Å². The summed E-state index contributed by atoms with van der Waals surface area (Å²) in [4.78, 5) is 11.0. The van der Waals surface area contributed by atoms with E-state index in [1.54, 1.807) is 11.3 Å². The fraction of sp³-hybridized carbons (Fsp3) is 0.722. The summed E-state index contributed by atoms with van der Waals surface area (Å²) in [6.07, 6.45) is 10.1. The molecule has 1 aromatic rings. The van der Waals surface area contributed by atoms with Crippen molar-refractivity contribution in [3.8, 4) is 0 Å². The minimum atomic E-state index is 0.845. The molecule has 3 nitrogen and oxygen atoms in total. The van der Waals surface area contributed by atoms with Gasteiger partial charge in [0.15, 0.2) is 0 Å². The smallest absolute Gasteiger partial charge is 0.0798 e. The van der Waals surface area contributed by atoms with E-state index in [1.165, 1.54) is 62.4 Å². The van der Waals surface area contributed by atoms with Crippen molar-refractivity contribution in [2.75, 3.05) is 33.2 Å². The summed E-state index contributed by atoms with van der Waals surface area (Å²) in [6.45, 7) is 8.32. The van der Waals surface area contributed by atoms with Crippen molar-refractivity contribution in [3.63, 3.8) is 0 Å². The molecular formula is C18H29N3S. The molecule has 0 spiro atoms. The predicted molar refractivity (Wildman–Crippen MR) is 94.2 cm³/mol. The first-order valence-corrected chi connectivity index (χ1v) is 9.53. The van der Waals surface area contributed by atoms with Gasteiger partial charge in [-0.3, -0.25) is 0 Å². The Morgan fingerprint density at radius 2 is 2.23 bits per heavy atom. The average molecular weight is 320 g/mol. The summed E-state index contributed by atoms with van der Waals surface area (Å²) in [5.41, 5.74) is 3.17. The van der Waals surface area contributed by atoms with Gasteiger partial charge in [-0.15, -0.1) is 11.3 Å².